The fraction of sp³-hybridized carbons (Fsp3) is 0.696. The first-order valence-electron chi connectivity index (χ1n) is 11.0. The van der Waals surface area contributed by atoms with E-state index < -0.39 is 0 Å². The van der Waals surface area contributed by atoms with E-state index in [1.807, 2.05) is 0 Å². The van der Waals surface area contributed by atoms with Gasteiger partial charge >= 0.3 is 0 Å². The Morgan fingerprint density at radius 2 is 1.72 bits per heavy atom. The average Bonchev–Trinajstić information content (AvgIpc) is 2.68. The Morgan fingerprint density at radius 3 is 2.28 bits per heavy atom. The van der Waals surface area contributed by atoms with Crippen molar-refractivity contribution in [1.29, 1.82) is 0 Å². The second-order valence-electron chi connectivity index (χ2n) is 7.81. The van der Waals surface area contributed by atoms with E-state index in [0.29, 0.717) is 18.4 Å². The molecule has 0 bridgehead atoms. The first-order valence-corrected chi connectivity index (χ1v) is 11.0. The molecule has 1 aromatic rings. The van der Waals surface area contributed by atoms with Crippen molar-refractivity contribution >= 4 is 29.9 Å². The minimum absolute atomic E-state index is 0. The molecule has 5 nitrogen and oxygen atoms in total. The lowest BCUT2D eigenvalue weighted by atomic mass is 9.94. The minimum Gasteiger partial charge on any atom is -0.396 e. The molecule has 0 spiro atoms. The highest BCUT2D eigenvalue weighted by molar-refractivity contribution is 14.0. The number of aliphatic imine (C=N–C) groups is 1. The molecule has 0 fully saturated rings. The molecule has 1 atom stereocenters. The standard InChI is InChI=1S/C23H42N4O.HI/c1-6-24-23(25-16-20(13-14-28)15-19(4)5)26-17-21-11-9-10-12-22(21)18-27(7-2)8-3;/h9-12,19-20,28H,6-8,13-18H2,1-5H3,(H2,24,25,26);1H. The van der Waals surface area contributed by atoms with Crippen LogP contribution >= 0.6 is 24.0 Å². The molecule has 0 heterocycles. The van der Waals surface area contributed by atoms with E-state index >= 15 is 0 Å². The van der Waals surface area contributed by atoms with Crippen LogP contribution in [0.4, 0.5) is 0 Å². The number of nitrogens with zero attached hydrogens (tertiary/aromatic N) is 2. The van der Waals surface area contributed by atoms with Gasteiger partial charge in [-0.3, -0.25) is 4.90 Å². The fourth-order valence-electron chi connectivity index (χ4n) is 3.45. The summed E-state index contributed by atoms with van der Waals surface area (Å²) in [5, 5.41) is 16.2. The molecule has 1 rings (SSSR count). The van der Waals surface area contributed by atoms with Crippen LogP contribution < -0.4 is 10.6 Å². The Morgan fingerprint density at radius 1 is 1.07 bits per heavy atom. The lowest BCUT2D eigenvalue weighted by Gasteiger charge is -2.21. The van der Waals surface area contributed by atoms with Gasteiger partial charge in [0.2, 0.25) is 0 Å². The van der Waals surface area contributed by atoms with Crippen molar-refractivity contribution in [3.05, 3.63) is 35.4 Å². The monoisotopic (exact) mass is 518 g/mol. The van der Waals surface area contributed by atoms with E-state index in [4.69, 9.17) is 4.99 Å². The number of aliphatic hydroxyl groups is 1. The molecule has 0 aliphatic carbocycles. The third-order valence-electron chi connectivity index (χ3n) is 5.06. The zero-order valence-electron chi connectivity index (χ0n) is 19.1. The van der Waals surface area contributed by atoms with E-state index in [0.717, 1.165) is 51.5 Å². The van der Waals surface area contributed by atoms with Crippen LogP contribution in [-0.4, -0.2) is 48.8 Å². The van der Waals surface area contributed by atoms with E-state index in [-0.39, 0.29) is 30.6 Å². The minimum atomic E-state index is 0. The highest BCUT2D eigenvalue weighted by atomic mass is 127. The highest BCUT2D eigenvalue weighted by Gasteiger charge is 2.12. The quantitative estimate of drug-likeness (QED) is 0.208. The topological polar surface area (TPSA) is 59.9 Å². The highest BCUT2D eigenvalue weighted by Crippen LogP contribution is 2.15. The zero-order valence-corrected chi connectivity index (χ0v) is 21.4. The van der Waals surface area contributed by atoms with E-state index in [1.54, 1.807) is 0 Å². The first kappa shape index (κ1) is 28.1. The lowest BCUT2D eigenvalue weighted by Crippen LogP contribution is -2.40. The van der Waals surface area contributed by atoms with Gasteiger partial charge < -0.3 is 15.7 Å². The molecule has 3 N–H and O–H groups in total. The summed E-state index contributed by atoms with van der Waals surface area (Å²) in [6.45, 7) is 16.6. The zero-order chi connectivity index (χ0) is 20.8. The Labute approximate surface area is 195 Å². The van der Waals surface area contributed by atoms with Gasteiger partial charge in [0.15, 0.2) is 5.96 Å². The second-order valence-corrected chi connectivity index (χ2v) is 7.81. The summed E-state index contributed by atoms with van der Waals surface area (Å²) in [5.41, 5.74) is 2.63. The SMILES string of the molecule is CCNC(=NCc1ccccc1CN(CC)CC)NCC(CCO)CC(C)C.I. The van der Waals surface area contributed by atoms with E-state index in [2.05, 4.69) is 74.4 Å². The van der Waals surface area contributed by atoms with Gasteiger partial charge in [0.05, 0.1) is 6.54 Å². The largest absolute Gasteiger partial charge is 0.396 e. The predicted molar refractivity (Wildman–Crippen MR) is 136 cm³/mol. The number of nitrogens with one attached hydrogen (secondary N) is 2. The lowest BCUT2D eigenvalue weighted by molar-refractivity contribution is 0.243. The van der Waals surface area contributed by atoms with Crippen LogP contribution in [0.1, 0.15) is 58.6 Å². The number of benzene rings is 1. The number of aliphatic hydroxyl groups excluding tert-OH is 1. The normalized spacial score (nSPS) is 12.8. The molecule has 0 aromatic heterocycles. The van der Waals surface area contributed by atoms with Crippen molar-refractivity contribution in [3.63, 3.8) is 0 Å². The summed E-state index contributed by atoms with van der Waals surface area (Å²) in [7, 11) is 0. The maximum atomic E-state index is 9.34. The Kier molecular flexibility index (Phi) is 16.4. The van der Waals surface area contributed by atoms with E-state index in [1.165, 1.54) is 11.1 Å². The third kappa shape index (κ3) is 11.8. The number of halogens is 1. The van der Waals surface area contributed by atoms with E-state index in [9.17, 15) is 5.11 Å². The summed E-state index contributed by atoms with van der Waals surface area (Å²) in [4.78, 5) is 7.26. The Hall–Kier alpha value is -0.860. The maximum absolute atomic E-state index is 9.34. The maximum Gasteiger partial charge on any atom is 0.191 e. The molecule has 0 radical (unpaired) electrons. The van der Waals surface area contributed by atoms with Gasteiger partial charge in [-0.05, 0) is 55.8 Å². The van der Waals surface area contributed by atoms with Crippen LogP contribution in [0.15, 0.2) is 29.3 Å². The van der Waals surface area contributed by atoms with Gasteiger partial charge in [-0.15, -0.1) is 24.0 Å². The third-order valence-corrected chi connectivity index (χ3v) is 5.06. The molecule has 0 aliphatic rings. The molecule has 1 aromatic carbocycles. The Bertz CT molecular complexity index is 562. The van der Waals surface area contributed by atoms with Crippen LogP contribution in [0.2, 0.25) is 0 Å². The summed E-state index contributed by atoms with van der Waals surface area (Å²) >= 11 is 0. The van der Waals surface area contributed by atoms with Gasteiger partial charge in [-0.1, -0.05) is 52.0 Å². The van der Waals surface area contributed by atoms with Crippen molar-refractivity contribution in [1.82, 2.24) is 15.5 Å². The molecule has 168 valence electrons. The summed E-state index contributed by atoms with van der Waals surface area (Å²) in [6, 6.07) is 8.60. The number of rotatable bonds is 13. The van der Waals surface area contributed by atoms with Gasteiger partial charge in [-0.25, -0.2) is 4.99 Å². The van der Waals surface area contributed by atoms with Gasteiger partial charge in [0.25, 0.3) is 0 Å². The van der Waals surface area contributed by atoms with Crippen LogP contribution in [-0.2, 0) is 13.1 Å². The molecule has 0 amide bonds. The Balaban J connectivity index is 0.00000784. The molecular weight excluding hydrogens is 475 g/mol. The van der Waals surface area contributed by atoms with Crippen LogP contribution in [0.3, 0.4) is 0 Å². The van der Waals surface area contributed by atoms with Crippen LogP contribution in [0, 0.1) is 11.8 Å². The number of guanidine groups is 1. The molecule has 1 unspecified atom stereocenters. The predicted octanol–water partition coefficient (Wildman–Crippen LogP) is 4.25. The summed E-state index contributed by atoms with van der Waals surface area (Å²) in [5.74, 6) is 1.94. The number of hydrogen-bond donors (Lipinski definition) is 3. The molecule has 0 saturated carbocycles. The van der Waals surface area contributed by atoms with Gasteiger partial charge in [0.1, 0.15) is 0 Å². The van der Waals surface area contributed by atoms with Gasteiger partial charge in [0, 0.05) is 26.2 Å². The second kappa shape index (κ2) is 16.9. The van der Waals surface area contributed by atoms with Crippen molar-refractivity contribution in [2.24, 2.45) is 16.8 Å². The smallest absolute Gasteiger partial charge is 0.191 e. The first-order chi connectivity index (χ1) is 13.5. The molecule has 29 heavy (non-hydrogen) atoms. The molecular formula is C23H43IN4O. The average molecular weight is 519 g/mol. The van der Waals surface area contributed by atoms with Crippen molar-refractivity contribution < 1.29 is 5.11 Å². The van der Waals surface area contributed by atoms with Crippen LogP contribution in [0.5, 0.6) is 0 Å². The summed E-state index contributed by atoms with van der Waals surface area (Å²) in [6.07, 6.45) is 1.94. The van der Waals surface area contributed by atoms with Crippen molar-refractivity contribution in [2.45, 2.75) is 60.5 Å². The van der Waals surface area contributed by atoms with Crippen molar-refractivity contribution in [2.75, 3.05) is 32.8 Å². The number of hydrogen-bond acceptors (Lipinski definition) is 3. The van der Waals surface area contributed by atoms with Crippen molar-refractivity contribution in [3.8, 4) is 0 Å². The molecule has 0 aliphatic heterocycles. The fourth-order valence-corrected chi connectivity index (χ4v) is 3.45. The van der Waals surface area contributed by atoms with Crippen LogP contribution in [0.25, 0.3) is 0 Å². The summed E-state index contributed by atoms with van der Waals surface area (Å²) < 4.78 is 0. The molecule has 6 heteroatoms. The van der Waals surface area contributed by atoms with Gasteiger partial charge in [-0.2, -0.15) is 0 Å². The molecule has 0 saturated heterocycles.